The molecule has 3 aromatic carbocycles. The van der Waals surface area contributed by atoms with Gasteiger partial charge >= 0.3 is 11.8 Å². The number of nitrogens with zero attached hydrogens (tertiary/aromatic N) is 1. The lowest BCUT2D eigenvalue weighted by molar-refractivity contribution is -0.160. The molecule has 2 aliphatic heterocycles. The molecule has 0 aliphatic carbocycles. The zero-order valence-corrected chi connectivity index (χ0v) is 34.6. The van der Waals surface area contributed by atoms with Crippen molar-refractivity contribution in [2.45, 2.75) is 85.6 Å². The Morgan fingerprint density at radius 1 is 0.966 bits per heavy atom. The van der Waals surface area contributed by atoms with Gasteiger partial charge in [0.05, 0.1) is 42.6 Å². The van der Waals surface area contributed by atoms with Crippen LogP contribution in [0.15, 0.2) is 63.6 Å². The molecule has 0 fully saturated rings. The molecule has 0 saturated heterocycles. The first-order valence-electron chi connectivity index (χ1n) is 19.3. The molecule has 0 saturated carbocycles. The van der Waals surface area contributed by atoms with Crippen molar-refractivity contribution in [2.24, 2.45) is 23.7 Å². The number of phenols is 1. The van der Waals surface area contributed by atoms with Gasteiger partial charge < -0.3 is 48.7 Å². The standard InChI is InChI=1S/C44H50N2O13/c1-19-12-11-13-20(2)43(53)46-34-38(51)31-30(33-41(34)58-29-15-14-26(54-9)18-27(29)45-33)32-40(24(6)37(31)50)59-44(8,42(32)52)56-17-16-28(55-10)21(3)39(57-25(7)47)23(5)36(49)22(4)35(19)48/h11-19,21-23,28,35-36,39,48-49,51H,1-10H3,(H,46,53)/b12-11+,17-16+,20-13-/t19-,21+,22+,23+,28-,35-,36+,39+,44-/m0/s1. The van der Waals surface area contributed by atoms with Crippen molar-refractivity contribution in [1.82, 2.24) is 4.98 Å². The monoisotopic (exact) mass is 814 g/mol. The molecule has 1 aromatic heterocycles. The molecule has 6 rings (SSSR count). The van der Waals surface area contributed by atoms with Crippen LogP contribution in [0, 0.1) is 30.6 Å². The van der Waals surface area contributed by atoms with E-state index in [2.05, 4.69) is 5.32 Å². The zero-order valence-electron chi connectivity index (χ0n) is 34.6. The first kappa shape index (κ1) is 42.8. The molecular weight excluding hydrogens is 764 g/mol. The Labute approximate surface area is 340 Å². The molecule has 0 unspecified atom stereocenters. The second-order valence-corrected chi connectivity index (χ2v) is 15.6. The summed E-state index contributed by atoms with van der Waals surface area (Å²) >= 11 is 0. The van der Waals surface area contributed by atoms with Crippen LogP contribution in [0.1, 0.15) is 64.4 Å². The van der Waals surface area contributed by atoms with Gasteiger partial charge in [-0.3, -0.25) is 19.2 Å². The molecule has 314 valence electrons. The molecule has 15 heteroatoms. The summed E-state index contributed by atoms with van der Waals surface area (Å²) in [5, 5.41) is 37.1. The number of aliphatic hydroxyl groups excluding tert-OH is 2. The number of amides is 1. The molecule has 2 aliphatic rings. The summed E-state index contributed by atoms with van der Waals surface area (Å²) in [4.78, 5) is 59.7. The number of nitrogens with one attached hydrogen (secondary N) is 1. The van der Waals surface area contributed by atoms with Crippen molar-refractivity contribution >= 4 is 56.3 Å². The highest BCUT2D eigenvalue weighted by Crippen LogP contribution is 2.48. The topological polar surface area (TPSA) is 213 Å². The van der Waals surface area contributed by atoms with Crippen LogP contribution in [-0.4, -0.2) is 82.4 Å². The number of Topliss-reactive ketones (excluding diaryl/α,β-unsaturated/α-hetero) is 1. The molecule has 0 radical (unpaired) electrons. The van der Waals surface area contributed by atoms with Crippen LogP contribution >= 0.6 is 0 Å². The van der Waals surface area contributed by atoms with Gasteiger partial charge in [-0.05, 0) is 32.1 Å². The number of ketones is 1. The number of aromatic nitrogens is 1. The van der Waals surface area contributed by atoms with Crippen LogP contribution < -0.4 is 20.2 Å². The molecule has 0 spiro atoms. The van der Waals surface area contributed by atoms with E-state index in [1.807, 2.05) is 0 Å². The maximum Gasteiger partial charge on any atom is 0.312 e. The van der Waals surface area contributed by atoms with Crippen LogP contribution in [0.25, 0.3) is 33.0 Å². The number of rotatable bonds is 3. The van der Waals surface area contributed by atoms with Gasteiger partial charge in [0.2, 0.25) is 0 Å². The summed E-state index contributed by atoms with van der Waals surface area (Å²) in [5.74, 6) is -6.80. The third kappa shape index (κ3) is 7.65. The van der Waals surface area contributed by atoms with Gasteiger partial charge in [-0.1, -0.05) is 45.9 Å². The fourth-order valence-corrected chi connectivity index (χ4v) is 7.92. The number of benzene rings is 3. The number of carbonyl (C=O) groups excluding carboxylic acids is 3. The minimum Gasteiger partial charge on any atom is -0.505 e. The predicted molar refractivity (Wildman–Crippen MR) is 218 cm³/mol. The second kappa shape index (κ2) is 16.5. The molecule has 9 atom stereocenters. The fourth-order valence-electron chi connectivity index (χ4n) is 7.92. The summed E-state index contributed by atoms with van der Waals surface area (Å²) in [6, 6.07) is 4.82. The number of fused-ring (bicyclic) bond motifs is 2. The van der Waals surface area contributed by atoms with Gasteiger partial charge in [0, 0.05) is 67.2 Å². The number of aliphatic hydroxyl groups is 2. The quantitative estimate of drug-likeness (QED) is 0.0808. The van der Waals surface area contributed by atoms with Crippen molar-refractivity contribution in [2.75, 3.05) is 19.5 Å². The number of hydrogen-bond acceptors (Lipinski definition) is 14. The van der Waals surface area contributed by atoms with Crippen LogP contribution in [0.3, 0.4) is 0 Å². The zero-order chi connectivity index (χ0) is 43.2. The normalized spacial score (nSPS) is 30.1. The third-order valence-corrected chi connectivity index (χ3v) is 11.5. The smallest absolute Gasteiger partial charge is 0.312 e. The summed E-state index contributed by atoms with van der Waals surface area (Å²) in [6.07, 6.45) is 3.59. The van der Waals surface area contributed by atoms with Gasteiger partial charge in [-0.25, -0.2) is 4.98 Å². The van der Waals surface area contributed by atoms with Crippen LogP contribution in [-0.2, 0) is 23.8 Å². The maximum absolute atomic E-state index is 14.6. The van der Waals surface area contributed by atoms with Crippen molar-refractivity contribution in [3.63, 3.8) is 0 Å². The Morgan fingerprint density at radius 2 is 1.68 bits per heavy atom. The highest BCUT2D eigenvalue weighted by molar-refractivity contribution is 6.26. The molecule has 59 heavy (non-hydrogen) atoms. The summed E-state index contributed by atoms with van der Waals surface area (Å²) in [6.45, 7) is 12.5. The van der Waals surface area contributed by atoms with Crippen molar-refractivity contribution < 1.29 is 57.8 Å². The molecule has 4 aromatic rings. The number of methoxy groups -OCH3 is 2. The van der Waals surface area contributed by atoms with Crippen LogP contribution in [0.5, 0.6) is 17.2 Å². The Balaban J connectivity index is 1.59. The second-order valence-electron chi connectivity index (χ2n) is 15.6. The van der Waals surface area contributed by atoms with E-state index in [1.165, 1.54) is 60.3 Å². The Bertz CT molecular complexity index is 2500. The van der Waals surface area contributed by atoms with Crippen LogP contribution in [0.2, 0.25) is 0 Å². The lowest BCUT2D eigenvalue weighted by Crippen LogP contribution is -2.46. The van der Waals surface area contributed by atoms with Gasteiger partial charge in [-0.15, -0.1) is 0 Å². The Morgan fingerprint density at radius 3 is 2.34 bits per heavy atom. The highest BCUT2D eigenvalue weighted by Gasteiger charge is 2.49. The van der Waals surface area contributed by atoms with E-state index in [0.717, 1.165) is 0 Å². The number of anilines is 1. The lowest BCUT2D eigenvalue weighted by atomic mass is 9.78. The number of carbonyl (C=O) groups is 3. The molecule has 1 amide bonds. The summed E-state index contributed by atoms with van der Waals surface area (Å²) in [5.41, 5.74) is -0.548. The summed E-state index contributed by atoms with van der Waals surface area (Å²) < 4.78 is 35.4. The minimum atomic E-state index is -2.04. The number of allylic oxidation sites excluding steroid dienone is 2. The van der Waals surface area contributed by atoms with Crippen LogP contribution in [0.4, 0.5) is 5.69 Å². The molecule has 15 nitrogen and oxygen atoms in total. The fraction of sp³-hybridized carbons (Fsp3) is 0.432. The van der Waals surface area contributed by atoms with Gasteiger partial charge in [0.15, 0.2) is 22.3 Å². The van der Waals surface area contributed by atoms with E-state index in [9.17, 15) is 34.5 Å². The average molecular weight is 815 g/mol. The van der Waals surface area contributed by atoms with E-state index in [-0.39, 0.29) is 61.1 Å². The van der Waals surface area contributed by atoms with Gasteiger partial charge in [-0.2, -0.15) is 0 Å². The van der Waals surface area contributed by atoms with E-state index >= 15 is 0 Å². The molecule has 3 heterocycles. The number of esters is 1. The van der Waals surface area contributed by atoms with Crippen molar-refractivity contribution in [1.29, 1.82) is 0 Å². The predicted octanol–water partition coefficient (Wildman–Crippen LogP) is 6.01. The maximum atomic E-state index is 14.6. The number of ether oxygens (including phenoxy) is 5. The highest BCUT2D eigenvalue weighted by atomic mass is 16.7. The minimum absolute atomic E-state index is 0.0130. The van der Waals surface area contributed by atoms with E-state index in [4.69, 9.17) is 33.1 Å². The number of phenolic OH excluding ortho intramolecular Hbond substituents is 1. The number of hydrogen-bond donors (Lipinski definition) is 4. The van der Waals surface area contributed by atoms with E-state index < -0.39 is 82.7 Å². The molecular formula is C44H50N2O13. The SMILES string of the molecule is COc1ccc2oc3c4c(O)c5c(=O)c(C)c6c(c5c3nc2c1)C(=O)[C@@](C)(O/C=C/[C@H](OC)[C@@H](C)[C@@H](OC(C)=O)[C@H](C)[C@H](O)[C@H](C)[C@@H](O)[C@@H](C)/C=C/C=C(/C)C(=O)N4)O6. The largest absolute Gasteiger partial charge is 0.505 e. The first-order chi connectivity index (χ1) is 27.8. The van der Waals surface area contributed by atoms with E-state index in [0.29, 0.717) is 5.75 Å². The first-order valence-corrected chi connectivity index (χ1v) is 19.3. The third-order valence-electron chi connectivity index (χ3n) is 11.5. The average Bonchev–Trinajstić information content (AvgIpc) is 3.47. The number of aromatic hydroxyl groups is 1. The molecule has 4 N–H and O–H groups in total. The van der Waals surface area contributed by atoms with Gasteiger partial charge in [0.1, 0.15) is 34.3 Å². The van der Waals surface area contributed by atoms with E-state index in [1.54, 1.807) is 58.0 Å². The molecule has 4 bridgehead atoms. The Hall–Kier alpha value is -5.77. The lowest BCUT2D eigenvalue weighted by Gasteiger charge is -2.38. The Kier molecular flexibility index (Phi) is 12.0. The van der Waals surface area contributed by atoms with Gasteiger partial charge in [0.25, 0.3) is 11.7 Å². The summed E-state index contributed by atoms with van der Waals surface area (Å²) in [7, 11) is 2.92. The van der Waals surface area contributed by atoms with Crippen molar-refractivity contribution in [3.8, 4) is 17.2 Å². The van der Waals surface area contributed by atoms with Crippen molar-refractivity contribution in [3.05, 3.63) is 75.7 Å².